The van der Waals surface area contributed by atoms with E-state index in [1.54, 1.807) is 19.0 Å². The summed E-state index contributed by atoms with van der Waals surface area (Å²) in [5.74, 6) is -0.333. The van der Waals surface area contributed by atoms with Gasteiger partial charge < -0.3 is 10.2 Å². The molecule has 0 unspecified atom stereocenters. The van der Waals surface area contributed by atoms with Crippen molar-refractivity contribution in [3.8, 4) is 6.07 Å². The first-order chi connectivity index (χ1) is 10.0. The van der Waals surface area contributed by atoms with Crippen LogP contribution in [-0.2, 0) is 4.79 Å². The predicted octanol–water partition coefficient (Wildman–Crippen LogP) is 1.32. The fraction of sp³-hybridized carbons (Fsp3) is 0.231. The summed E-state index contributed by atoms with van der Waals surface area (Å²) in [5, 5.41) is 19.6. The van der Waals surface area contributed by atoms with E-state index in [-0.39, 0.29) is 11.5 Å². The fourth-order valence-corrected chi connectivity index (χ4v) is 2.43. The monoisotopic (exact) mass is 305 g/mol. The van der Waals surface area contributed by atoms with Crippen molar-refractivity contribution in [1.82, 2.24) is 5.32 Å². The summed E-state index contributed by atoms with van der Waals surface area (Å²) in [6.07, 6.45) is 1.24. The Bertz CT molecular complexity index is 678. The quantitative estimate of drug-likeness (QED) is 0.674. The number of carbonyl (C=O) groups excluding carboxylic acids is 1. The zero-order valence-corrected chi connectivity index (χ0v) is 12.2. The minimum Gasteiger partial charge on any atom is -0.376 e. The van der Waals surface area contributed by atoms with E-state index in [2.05, 4.69) is 15.5 Å². The lowest BCUT2D eigenvalue weighted by atomic mass is 10.1. The van der Waals surface area contributed by atoms with Crippen molar-refractivity contribution in [3.63, 3.8) is 0 Å². The van der Waals surface area contributed by atoms with Crippen LogP contribution in [0.1, 0.15) is 11.1 Å². The third kappa shape index (κ3) is 3.38. The molecule has 1 saturated heterocycles. The van der Waals surface area contributed by atoms with Gasteiger partial charge in [0.25, 0.3) is 0 Å². The van der Waals surface area contributed by atoms with Crippen LogP contribution in [0.25, 0.3) is 0 Å². The Morgan fingerprint density at radius 3 is 2.86 bits per heavy atom. The van der Waals surface area contributed by atoms with E-state index < -0.39 is 5.82 Å². The number of anilines is 1. The molecule has 0 saturated carbocycles. The highest BCUT2D eigenvalue weighted by atomic mass is 32.2. The van der Waals surface area contributed by atoms with Crippen LogP contribution in [0, 0.1) is 17.1 Å². The highest BCUT2D eigenvalue weighted by Crippen LogP contribution is 2.24. The number of amidine groups is 1. The first-order valence-electron chi connectivity index (χ1n) is 5.96. The number of nitrogens with one attached hydrogen (secondary N) is 1. The van der Waals surface area contributed by atoms with E-state index in [0.29, 0.717) is 22.2 Å². The maximum atomic E-state index is 13.9. The Hall–Kier alpha value is -2.40. The molecule has 0 bridgehead atoms. The van der Waals surface area contributed by atoms with Crippen LogP contribution in [0.2, 0.25) is 0 Å². The molecule has 0 atom stereocenters. The molecular formula is C13H12FN5OS. The third-order valence-corrected chi connectivity index (χ3v) is 3.52. The molecule has 1 N–H and O–H groups in total. The van der Waals surface area contributed by atoms with Crippen LogP contribution < -0.4 is 10.2 Å². The predicted molar refractivity (Wildman–Crippen MR) is 81.1 cm³/mol. The van der Waals surface area contributed by atoms with E-state index >= 15 is 0 Å². The van der Waals surface area contributed by atoms with E-state index in [1.165, 1.54) is 30.1 Å². The SMILES string of the molecule is CN(C)c1c(C#N)ccc(F)c1C=NN=C1NC(=O)CS1. The summed E-state index contributed by atoms with van der Waals surface area (Å²) in [4.78, 5) is 12.6. The third-order valence-electron chi connectivity index (χ3n) is 2.65. The van der Waals surface area contributed by atoms with Crippen LogP contribution >= 0.6 is 11.8 Å². The molecule has 0 aliphatic carbocycles. The van der Waals surface area contributed by atoms with Gasteiger partial charge >= 0.3 is 0 Å². The molecule has 8 heteroatoms. The van der Waals surface area contributed by atoms with Crippen molar-refractivity contribution in [1.29, 1.82) is 5.26 Å². The van der Waals surface area contributed by atoms with Crippen LogP contribution in [0.5, 0.6) is 0 Å². The van der Waals surface area contributed by atoms with Gasteiger partial charge in [-0.2, -0.15) is 10.4 Å². The molecule has 1 amide bonds. The fourth-order valence-electron chi connectivity index (χ4n) is 1.80. The molecule has 1 aromatic carbocycles. The smallest absolute Gasteiger partial charge is 0.236 e. The average Bonchev–Trinajstić information content (AvgIpc) is 2.85. The molecule has 0 spiro atoms. The van der Waals surface area contributed by atoms with Gasteiger partial charge in [-0.25, -0.2) is 4.39 Å². The first kappa shape index (κ1) is 15.0. The van der Waals surface area contributed by atoms with Crippen LogP contribution in [0.4, 0.5) is 10.1 Å². The van der Waals surface area contributed by atoms with Gasteiger partial charge in [-0.05, 0) is 12.1 Å². The summed E-state index contributed by atoms with van der Waals surface area (Å²) in [7, 11) is 3.43. The molecule has 2 rings (SSSR count). The highest BCUT2D eigenvalue weighted by Gasteiger charge is 2.16. The van der Waals surface area contributed by atoms with Crippen molar-refractivity contribution < 1.29 is 9.18 Å². The van der Waals surface area contributed by atoms with Crippen molar-refractivity contribution >= 4 is 34.7 Å². The topological polar surface area (TPSA) is 80.8 Å². The molecule has 1 aliphatic heterocycles. The zero-order valence-electron chi connectivity index (χ0n) is 11.4. The molecule has 21 heavy (non-hydrogen) atoms. The van der Waals surface area contributed by atoms with Crippen molar-refractivity contribution in [3.05, 3.63) is 29.1 Å². The number of thioether (sulfide) groups is 1. The van der Waals surface area contributed by atoms with Gasteiger partial charge in [-0.3, -0.25) is 4.79 Å². The van der Waals surface area contributed by atoms with Gasteiger partial charge in [-0.15, -0.1) is 5.10 Å². The van der Waals surface area contributed by atoms with Gasteiger partial charge in [0.15, 0.2) is 5.17 Å². The largest absolute Gasteiger partial charge is 0.376 e. The number of rotatable bonds is 3. The Labute approximate surface area is 125 Å². The summed E-state index contributed by atoms with van der Waals surface area (Å²) >= 11 is 1.23. The lowest BCUT2D eigenvalue weighted by Gasteiger charge is -2.17. The molecule has 6 nitrogen and oxygen atoms in total. The molecule has 0 aromatic heterocycles. The Kier molecular flexibility index (Phi) is 4.55. The van der Waals surface area contributed by atoms with Gasteiger partial charge in [0.2, 0.25) is 5.91 Å². The number of nitrogens with zero attached hydrogens (tertiary/aromatic N) is 4. The minimum absolute atomic E-state index is 0.138. The van der Waals surface area contributed by atoms with E-state index in [0.717, 1.165) is 0 Å². The maximum absolute atomic E-state index is 13.9. The van der Waals surface area contributed by atoms with Crippen LogP contribution in [0.15, 0.2) is 22.3 Å². The molecule has 1 heterocycles. The standard InChI is InChI=1S/C13H12FN5OS/c1-19(2)12-8(5-15)3-4-10(14)9(12)6-16-18-13-17-11(20)7-21-13/h3-4,6H,7H2,1-2H3,(H,17,18,20). The summed E-state index contributed by atoms with van der Waals surface area (Å²) in [6.45, 7) is 0. The van der Waals surface area contributed by atoms with Gasteiger partial charge in [0, 0.05) is 14.1 Å². The molecule has 1 fully saturated rings. The van der Waals surface area contributed by atoms with Crippen LogP contribution in [-0.4, -0.2) is 37.1 Å². The lowest BCUT2D eigenvalue weighted by Crippen LogP contribution is -2.19. The average molecular weight is 305 g/mol. The van der Waals surface area contributed by atoms with Gasteiger partial charge in [0.05, 0.1) is 28.8 Å². The molecule has 0 radical (unpaired) electrons. The Balaban J connectivity index is 2.35. The zero-order chi connectivity index (χ0) is 15.4. The van der Waals surface area contributed by atoms with E-state index in [1.807, 2.05) is 6.07 Å². The van der Waals surface area contributed by atoms with Gasteiger partial charge in [0.1, 0.15) is 11.9 Å². The number of amides is 1. The summed E-state index contributed by atoms with van der Waals surface area (Å²) in [5.41, 5.74) is 0.960. The summed E-state index contributed by atoms with van der Waals surface area (Å²) < 4.78 is 13.9. The first-order valence-corrected chi connectivity index (χ1v) is 6.95. The van der Waals surface area contributed by atoms with Crippen molar-refractivity contribution in [2.45, 2.75) is 0 Å². The Morgan fingerprint density at radius 1 is 1.52 bits per heavy atom. The highest BCUT2D eigenvalue weighted by molar-refractivity contribution is 8.15. The number of nitriles is 1. The molecular weight excluding hydrogens is 293 g/mol. The maximum Gasteiger partial charge on any atom is 0.236 e. The number of benzene rings is 1. The normalized spacial score (nSPS) is 16.3. The van der Waals surface area contributed by atoms with Crippen LogP contribution in [0.3, 0.4) is 0 Å². The number of halogens is 1. The van der Waals surface area contributed by atoms with E-state index in [4.69, 9.17) is 5.26 Å². The second-order valence-corrected chi connectivity index (χ2v) is 5.31. The second-order valence-electron chi connectivity index (χ2n) is 4.35. The van der Waals surface area contributed by atoms with Crippen molar-refractivity contribution in [2.24, 2.45) is 10.2 Å². The lowest BCUT2D eigenvalue weighted by molar-refractivity contribution is -0.116. The number of hydrogen-bond acceptors (Lipinski definition) is 6. The second kappa shape index (κ2) is 6.37. The Morgan fingerprint density at radius 2 is 2.29 bits per heavy atom. The van der Waals surface area contributed by atoms with Crippen molar-refractivity contribution in [2.75, 3.05) is 24.7 Å². The van der Waals surface area contributed by atoms with Gasteiger partial charge in [-0.1, -0.05) is 11.8 Å². The number of carbonyl (C=O) groups is 1. The molecule has 1 aliphatic rings. The molecule has 1 aromatic rings. The molecule has 108 valence electrons. The summed E-state index contributed by atoms with van der Waals surface area (Å²) in [6, 6.07) is 4.65. The van der Waals surface area contributed by atoms with E-state index in [9.17, 15) is 9.18 Å². The minimum atomic E-state index is -0.496. The number of hydrogen-bond donors (Lipinski definition) is 1.